The number of hydrogen-bond acceptors (Lipinski definition) is 2. The first-order chi connectivity index (χ1) is 8.29. The molecule has 2 nitrogen and oxygen atoms in total. The molecule has 1 unspecified atom stereocenters. The minimum atomic E-state index is 0.779. The van der Waals surface area contributed by atoms with Gasteiger partial charge in [0.1, 0.15) is 5.75 Å². The molecule has 0 saturated carbocycles. The van der Waals surface area contributed by atoms with Crippen LogP contribution >= 0.6 is 0 Å². The number of rotatable bonds is 4. The van der Waals surface area contributed by atoms with Crippen molar-refractivity contribution >= 4 is 5.69 Å². The van der Waals surface area contributed by atoms with E-state index >= 15 is 0 Å². The summed E-state index contributed by atoms with van der Waals surface area (Å²) in [6, 6.07) is 6.19. The molecule has 0 aromatic heterocycles. The van der Waals surface area contributed by atoms with E-state index in [4.69, 9.17) is 4.74 Å². The summed E-state index contributed by atoms with van der Waals surface area (Å²) in [5.41, 5.74) is 2.47. The highest BCUT2D eigenvalue weighted by Gasteiger charge is 2.09. The molecule has 17 heavy (non-hydrogen) atoms. The largest absolute Gasteiger partial charge is 0.497 e. The number of methoxy groups -OCH3 is 1. The van der Waals surface area contributed by atoms with Crippen molar-refractivity contribution in [3.05, 3.63) is 35.9 Å². The lowest BCUT2D eigenvalue weighted by Gasteiger charge is -2.19. The van der Waals surface area contributed by atoms with E-state index in [0.29, 0.717) is 0 Å². The van der Waals surface area contributed by atoms with Gasteiger partial charge in [0.15, 0.2) is 0 Å². The normalized spacial score (nSPS) is 19.1. The van der Waals surface area contributed by atoms with E-state index in [9.17, 15) is 0 Å². The molecule has 0 spiro atoms. The average molecular weight is 231 g/mol. The second kappa shape index (κ2) is 5.76. The molecule has 0 bridgehead atoms. The molecule has 1 aromatic rings. The molecule has 2 heteroatoms. The fraction of sp³-hybridized carbons (Fsp3) is 0.467. The van der Waals surface area contributed by atoms with Crippen LogP contribution in [0.1, 0.15) is 24.8 Å². The molecule has 1 aromatic carbocycles. The van der Waals surface area contributed by atoms with Crippen molar-refractivity contribution < 1.29 is 4.74 Å². The quantitative estimate of drug-likeness (QED) is 0.796. The summed E-state index contributed by atoms with van der Waals surface area (Å²) in [5, 5.41) is 3.54. The lowest BCUT2D eigenvalue weighted by molar-refractivity contribution is 0.414. The van der Waals surface area contributed by atoms with Gasteiger partial charge in [-0.2, -0.15) is 0 Å². The molecule has 0 fully saturated rings. The van der Waals surface area contributed by atoms with Crippen LogP contribution in [0, 0.1) is 12.8 Å². The van der Waals surface area contributed by atoms with Crippen LogP contribution in [-0.2, 0) is 0 Å². The van der Waals surface area contributed by atoms with Crippen LogP contribution in [0.25, 0.3) is 0 Å². The number of aryl methyl sites for hydroxylation is 1. The molecule has 1 atom stereocenters. The van der Waals surface area contributed by atoms with Crippen molar-refractivity contribution in [1.82, 2.24) is 0 Å². The Labute approximate surface area is 104 Å². The van der Waals surface area contributed by atoms with Crippen molar-refractivity contribution in [3.63, 3.8) is 0 Å². The first kappa shape index (κ1) is 12.0. The highest BCUT2D eigenvalue weighted by Crippen LogP contribution is 2.23. The lowest BCUT2D eigenvalue weighted by Crippen LogP contribution is -2.15. The first-order valence-corrected chi connectivity index (χ1v) is 6.33. The fourth-order valence-electron chi connectivity index (χ4n) is 2.26. The van der Waals surface area contributed by atoms with Crippen LogP contribution in [0.15, 0.2) is 30.4 Å². The number of ether oxygens (including phenoxy) is 1. The predicted molar refractivity (Wildman–Crippen MR) is 72.7 cm³/mol. The van der Waals surface area contributed by atoms with Crippen LogP contribution < -0.4 is 10.1 Å². The van der Waals surface area contributed by atoms with Crippen LogP contribution in [0.3, 0.4) is 0 Å². The van der Waals surface area contributed by atoms with Gasteiger partial charge in [0.05, 0.1) is 7.11 Å². The Bertz CT molecular complexity index is 398. The van der Waals surface area contributed by atoms with E-state index in [-0.39, 0.29) is 0 Å². The first-order valence-electron chi connectivity index (χ1n) is 6.33. The molecular formula is C15H21NO. The van der Waals surface area contributed by atoms with Gasteiger partial charge >= 0.3 is 0 Å². The van der Waals surface area contributed by atoms with Crippen LogP contribution in [0.5, 0.6) is 5.75 Å². The van der Waals surface area contributed by atoms with Crippen molar-refractivity contribution in [2.45, 2.75) is 26.2 Å². The Morgan fingerprint density at radius 2 is 2.24 bits per heavy atom. The zero-order valence-electron chi connectivity index (χ0n) is 10.7. The van der Waals surface area contributed by atoms with Gasteiger partial charge in [0, 0.05) is 12.2 Å². The number of anilines is 1. The predicted octanol–water partition coefficient (Wildman–Crippen LogP) is 3.77. The summed E-state index contributed by atoms with van der Waals surface area (Å²) in [6.07, 6.45) is 8.33. The van der Waals surface area contributed by atoms with Gasteiger partial charge < -0.3 is 10.1 Å². The second-order valence-electron chi connectivity index (χ2n) is 4.71. The maximum atomic E-state index is 5.21. The van der Waals surface area contributed by atoms with Gasteiger partial charge in [0.2, 0.25) is 0 Å². The van der Waals surface area contributed by atoms with Gasteiger partial charge in [0.25, 0.3) is 0 Å². The summed E-state index contributed by atoms with van der Waals surface area (Å²) < 4.78 is 5.21. The Hall–Kier alpha value is -1.44. The third kappa shape index (κ3) is 3.26. The smallest absolute Gasteiger partial charge is 0.119 e. The van der Waals surface area contributed by atoms with Gasteiger partial charge in [-0.15, -0.1) is 0 Å². The number of benzene rings is 1. The third-order valence-electron chi connectivity index (χ3n) is 3.39. The molecule has 2 rings (SSSR count). The molecule has 0 heterocycles. The van der Waals surface area contributed by atoms with Gasteiger partial charge in [-0.05, 0) is 55.9 Å². The Balaban J connectivity index is 1.92. The molecule has 0 radical (unpaired) electrons. The molecule has 1 aliphatic carbocycles. The van der Waals surface area contributed by atoms with E-state index in [1.165, 1.54) is 30.5 Å². The summed E-state index contributed by atoms with van der Waals surface area (Å²) >= 11 is 0. The number of allylic oxidation sites excluding steroid dienone is 2. The summed E-state index contributed by atoms with van der Waals surface area (Å²) in [6.45, 7) is 3.18. The summed E-state index contributed by atoms with van der Waals surface area (Å²) in [5.74, 6) is 1.70. The van der Waals surface area contributed by atoms with Gasteiger partial charge in [-0.3, -0.25) is 0 Å². The maximum absolute atomic E-state index is 5.21. The van der Waals surface area contributed by atoms with E-state index < -0.39 is 0 Å². The second-order valence-corrected chi connectivity index (χ2v) is 4.71. The number of nitrogens with one attached hydrogen (secondary N) is 1. The van der Waals surface area contributed by atoms with Crippen LogP contribution in [0.4, 0.5) is 5.69 Å². The zero-order chi connectivity index (χ0) is 12.1. The van der Waals surface area contributed by atoms with Crippen molar-refractivity contribution in [3.8, 4) is 5.75 Å². The maximum Gasteiger partial charge on any atom is 0.119 e. The third-order valence-corrected chi connectivity index (χ3v) is 3.39. The molecule has 0 amide bonds. The van der Waals surface area contributed by atoms with E-state index in [2.05, 4.69) is 36.5 Å². The van der Waals surface area contributed by atoms with Crippen LogP contribution in [-0.4, -0.2) is 13.7 Å². The highest BCUT2D eigenvalue weighted by atomic mass is 16.5. The lowest BCUT2D eigenvalue weighted by atomic mass is 9.94. The fourth-order valence-corrected chi connectivity index (χ4v) is 2.26. The van der Waals surface area contributed by atoms with Gasteiger partial charge in [-0.1, -0.05) is 12.2 Å². The molecule has 0 saturated heterocycles. The minimum absolute atomic E-state index is 0.779. The topological polar surface area (TPSA) is 21.3 Å². The Kier molecular flexibility index (Phi) is 4.08. The molecular weight excluding hydrogens is 210 g/mol. The molecule has 1 N–H and O–H groups in total. The molecule has 92 valence electrons. The summed E-state index contributed by atoms with van der Waals surface area (Å²) in [4.78, 5) is 0. The zero-order valence-corrected chi connectivity index (χ0v) is 10.7. The Morgan fingerprint density at radius 1 is 1.35 bits per heavy atom. The van der Waals surface area contributed by atoms with E-state index in [1.54, 1.807) is 7.11 Å². The van der Waals surface area contributed by atoms with Crippen molar-refractivity contribution in [2.75, 3.05) is 19.0 Å². The van der Waals surface area contributed by atoms with E-state index in [0.717, 1.165) is 18.2 Å². The monoisotopic (exact) mass is 231 g/mol. The standard InChI is InChI=1S/C15H21NO/c1-12-10-14(17-2)8-9-15(12)16-11-13-6-4-3-5-7-13/h3-4,8-10,13,16H,5-7,11H2,1-2H3. The number of hydrogen-bond donors (Lipinski definition) is 1. The minimum Gasteiger partial charge on any atom is -0.497 e. The summed E-state index contributed by atoms with van der Waals surface area (Å²) in [7, 11) is 1.70. The molecule has 1 aliphatic rings. The highest BCUT2D eigenvalue weighted by molar-refractivity contribution is 5.53. The van der Waals surface area contributed by atoms with Crippen molar-refractivity contribution in [1.29, 1.82) is 0 Å². The van der Waals surface area contributed by atoms with E-state index in [1.807, 2.05) is 6.07 Å². The van der Waals surface area contributed by atoms with Gasteiger partial charge in [-0.25, -0.2) is 0 Å². The Morgan fingerprint density at radius 3 is 2.88 bits per heavy atom. The SMILES string of the molecule is COc1ccc(NCC2CC=CCC2)c(C)c1. The van der Waals surface area contributed by atoms with Crippen LogP contribution in [0.2, 0.25) is 0 Å². The molecule has 0 aliphatic heterocycles. The van der Waals surface area contributed by atoms with Crippen molar-refractivity contribution in [2.24, 2.45) is 5.92 Å². The average Bonchev–Trinajstić information content (AvgIpc) is 2.38.